The van der Waals surface area contributed by atoms with Crippen LogP contribution in [0.3, 0.4) is 0 Å². The highest BCUT2D eigenvalue weighted by atomic mass is 79.9. The summed E-state index contributed by atoms with van der Waals surface area (Å²) in [5.74, 6) is -0.638. The summed E-state index contributed by atoms with van der Waals surface area (Å²) < 4.78 is 20.7. The number of nitrogens with one attached hydrogen (secondary N) is 2. The molecule has 1 aromatic carbocycles. The molecule has 2 aliphatic heterocycles. The summed E-state index contributed by atoms with van der Waals surface area (Å²) in [5.41, 5.74) is 8.40. The topological polar surface area (TPSA) is 71.7 Å². The van der Waals surface area contributed by atoms with Crippen molar-refractivity contribution in [3.8, 4) is 5.75 Å². The number of rotatable bonds is 1. The number of hydrogen-bond donors (Lipinski definition) is 3. The Labute approximate surface area is 136 Å². The van der Waals surface area contributed by atoms with E-state index < -0.39 is 11.6 Å². The van der Waals surface area contributed by atoms with Crippen LogP contribution in [0.15, 0.2) is 27.3 Å². The van der Waals surface area contributed by atoms with Crippen molar-refractivity contribution in [1.82, 2.24) is 10.6 Å². The monoisotopic (exact) mass is 368 g/mol. The zero-order chi connectivity index (χ0) is 15.9. The third kappa shape index (κ3) is 2.48. The largest absolute Gasteiger partial charge is 0.492 e. The van der Waals surface area contributed by atoms with Crippen molar-refractivity contribution in [3.63, 3.8) is 0 Å². The molecule has 118 valence electrons. The molecule has 0 saturated heterocycles. The predicted octanol–water partition coefficient (Wildman–Crippen LogP) is 2.11. The van der Waals surface area contributed by atoms with Gasteiger partial charge in [0, 0.05) is 12.7 Å². The number of aryl methyl sites for hydroxylation is 1. The lowest BCUT2D eigenvalue weighted by atomic mass is 9.98. The van der Waals surface area contributed by atoms with Crippen molar-refractivity contribution in [2.75, 3.05) is 13.7 Å². The van der Waals surface area contributed by atoms with E-state index in [1.807, 2.05) is 13.0 Å². The number of aliphatic imine (C=N–C) groups is 1. The summed E-state index contributed by atoms with van der Waals surface area (Å²) >= 11 is 3.29. The van der Waals surface area contributed by atoms with Crippen molar-refractivity contribution in [1.29, 1.82) is 0 Å². The normalized spacial score (nSPS) is 23.7. The molecule has 0 radical (unpaired) electrons. The van der Waals surface area contributed by atoms with Gasteiger partial charge in [0.1, 0.15) is 17.4 Å². The van der Waals surface area contributed by atoms with E-state index >= 15 is 0 Å². The average Bonchev–Trinajstić information content (AvgIpc) is 2.50. The van der Waals surface area contributed by atoms with Gasteiger partial charge in [-0.2, -0.15) is 0 Å². The summed E-state index contributed by atoms with van der Waals surface area (Å²) in [6.07, 6.45) is 3.55. The van der Waals surface area contributed by atoms with Gasteiger partial charge in [0.05, 0.1) is 16.6 Å². The van der Waals surface area contributed by atoms with Gasteiger partial charge in [-0.3, -0.25) is 5.73 Å². The number of likely N-dealkylation sites (N-methyl/N-ethyl adjacent to an activating group) is 1. The molecule has 2 heterocycles. The van der Waals surface area contributed by atoms with E-state index in [1.54, 1.807) is 13.1 Å². The lowest BCUT2D eigenvalue weighted by Crippen LogP contribution is -2.52. The number of halogens is 2. The summed E-state index contributed by atoms with van der Waals surface area (Å²) in [6, 6.07) is 1.75. The Kier molecular flexibility index (Phi) is 3.86. The van der Waals surface area contributed by atoms with Gasteiger partial charge in [-0.25, -0.2) is 9.38 Å². The Hall–Kier alpha value is -1.60. The van der Waals surface area contributed by atoms with Gasteiger partial charge in [0.2, 0.25) is 5.79 Å². The fourth-order valence-electron chi connectivity index (χ4n) is 2.77. The molecule has 0 fully saturated rings. The van der Waals surface area contributed by atoms with Crippen LogP contribution in [-0.4, -0.2) is 19.5 Å². The number of nitrogens with zero attached hydrogens (tertiary/aromatic N) is 1. The van der Waals surface area contributed by atoms with E-state index in [2.05, 4.69) is 31.6 Å². The zero-order valence-corrected chi connectivity index (χ0v) is 14.1. The van der Waals surface area contributed by atoms with Crippen LogP contribution >= 0.6 is 15.9 Å². The van der Waals surface area contributed by atoms with Gasteiger partial charge >= 0.3 is 0 Å². The molecule has 0 saturated carbocycles. The first-order valence-corrected chi connectivity index (χ1v) is 7.91. The Balaban J connectivity index is 2.14. The molecule has 0 amide bonds. The minimum absolute atomic E-state index is 0.295. The van der Waals surface area contributed by atoms with Gasteiger partial charge in [-0.15, -0.1) is 0 Å². The third-order valence-electron chi connectivity index (χ3n) is 3.78. The van der Waals surface area contributed by atoms with E-state index in [0.29, 0.717) is 28.2 Å². The van der Waals surface area contributed by atoms with Crippen molar-refractivity contribution < 1.29 is 9.13 Å². The minimum Gasteiger partial charge on any atom is -0.492 e. The van der Waals surface area contributed by atoms with Crippen LogP contribution in [0.1, 0.15) is 24.5 Å². The van der Waals surface area contributed by atoms with Gasteiger partial charge < -0.3 is 15.4 Å². The molecule has 0 aliphatic carbocycles. The van der Waals surface area contributed by atoms with Gasteiger partial charge in [-0.1, -0.05) is 0 Å². The van der Waals surface area contributed by atoms with E-state index in [4.69, 9.17) is 10.5 Å². The highest BCUT2D eigenvalue weighted by molar-refractivity contribution is 9.10. The van der Waals surface area contributed by atoms with E-state index in [0.717, 1.165) is 24.1 Å². The summed E-state index contributed by atoms with van der Waals surface area (Å²) in [6.45, 7) is 2.46. The number of ether oxygens (including phenoxy) is 1. The molecule has 22 heavy (non-hydrogen) atoms. The van der Waals surface area contributed by atoms with Crippen molar-refractivity contribution in [2.24, 2.45) is 10.7 Å². The van der Waals surface area contributed by atoms with Gasteiger partial charge in [0.15, 0.2) is 0 Å². The summed E-state index contributed by atoms with van der Waals surface area (Å²) in [5, 5.41) is 6.01. The van der Waals surface area contributed by atoms with E-state index in [9.17, 15) is 4.39 Å². The van der Waals surface area contributed by atoms with Crippen molar-refractivity contribution in [3.05, 3.63) is 39.3 Å². The second kappa shape index (κ2) is 5.55. The van der Waals surface area contributed by atoms with Crippen LogP contribution in [-0.2, 0) is 12.2 Å². The quantitative estimate of drug-likeness (QED) is 0.709. The Morgan fingerprint density at radius 1 is 1.55 bits per heavy atom. The molecule has 2 aliphatic rings. The number of hydrogen-bond acceptors (Lipinski definition) is 5. The summed E-state index contributed by atoms with van der Waals surface area (Å²) in [7, 11) is 1.75. The second-order valence-electron chi connectivity index (χ2n) is 5.46. The fourth-order valence-corrected chi connectivity index (χ4v) is 3.35. The van der Waals surface area contributed by atoms with Gasteiger partial charge in [0.25, 0.3) is 0 Å². The number of allylic oxidation sites excluding steroid dienone is 1. The molecular weight excluding hydrogens is 351 g/mol. The van der Waals surface area contributed by atoms with Crippen LogP contribution in [0, 0.1) is 5.82 Å². The maximum atomic E-state index is 14.8. The predicted molar refractivity (Wildman–Crippen MR) is 87.2 cm³/mol. The second-order valence-corrected chi connectivity index (χ2v) is 6.25. The molecule has 1 atom stereocenters. The van der Waals surface area contributed by atoms with E-state index in [1.165, 1.54) is 0 Å². The highest BCUT2D eigenvalue weighted by Crippen LogP contribution is 2.39. The maximum Gasteiger partial charge on any atom is 0.214 e. The Morgan fingerprint density at radius 2 is 2.32 bits per heavy atom. The molecule has 5 nitrogen and oxygen atoms in total. The molecule has 0 spiro atoms. The first kappa shape index (κ1) is 15.3. The van der Waals surface area contributed by atoms with Gasteiger partial charge in [-0.05, 0) is 53.4 Å². The Bertz CT molecular complexity index is 689. The molecular formula is C15H18BrFN4O. The fraction of sp³-hybridized carbons (Fsp3) is 0.400. The third-order valence-corrected chi connectivity index (χ3v) is 4.49. The smallest absolute Gasteiger partial charge is 0.214 e. The van der Waals surface area contributed by atoms with Crippen molar-refractivity contribution in [2.45, 2.75) is 25.6 Å². The Morgan fingerprint density at radius 3 is 3.05 bits per heavy atom. The van der Waals surface area contributed by atoms with Crippen LogP contribution in [0.4, 0.5) is 4.39 Å². The number of benzene rings is 1. The van der Waals surface area contributed by atoms with Crippen LogP contribution < -0.4 is 21.1 Å². The number of nitrogens with two attached hydrogens (primary N) is 1. The molecule has 1 unspecified atom stereocenters. The molecule has 4 N–H and O–H groups in total. The SMILES string of the molecule is CNC1=NC(N)(c2cc3c(c(Br)c2F)OCCC3)NC(C)=C1. The summed E-state index contributed by atoms with van der Waals surface area (Å²) in [4.78, 5) is 4.40. The number of fused-ring (bicyclic) bond motifs is 1. The first-order valence-electron chi connectivity index (χ1n) is 7.11. The zero-order valence-electron chi connectivity index (χ0n) is 12.5. The van der Waals surface area contributed by atoms with Crippen LogP contribution in [0.5, 0.6) is 5.75 Å². The van der Waals surface area contributed by atoms with Crippen LogP contribution in [0.25, 0.3) is 0 Å². The standard InChI is InChI=1S/C15H18BrFN4O/c1-8-6-11(19-2)21-15(18,20-8)10-7-9-4-3-5-22-14(9)12(16)13(10)17/h6-7,20H,3-5,18H2,1-2H3,(H,19,21). The minimum atomic E-state index is -1.35. The molecule has 0 aromatic heterocycles. The molecule has 0 bridgehead atoms. The highest BCUT2D eigenvalue weighted by Gasteiger charge is 2.35. The maximum absolute atomic E-state index is 14.8. The first-order chi connectivity index (χ1) is 10.4. The van der Waals surface area contributed by atoms with E-state index in [-0.39, 0.29) is 0 Å². The number of amidine groups is 1. The lowest BCUT2D eigenvalue weighted by molar-refractivity contribution is 0.282. The van der Waals surface area contributed by atoms with Crippen LogP contribution in [0.2, 0.25) is 0 Å². The molecule has 3 rings (SSSR count). The lowest BCUT2D eigenvalue weighted by Gasteiger charge is -2.33. The average molecular weight is 369 g/mol. The molecule has 7 heteroatoms. The molecule has 1 aromatic rings. The van der Waals surface area contributed by atoms with Crippen molar-refractivity contribution >= 4 is 21.8 Å².